The van der Waals surface area contributed by atoms with Crippen LogP contribution in [0.25, 0.3) is 16.9 Å². The number of carbonyl (C=O) groups excluding carboxylic acids is 3. The van der Waals surface area contributed by atoms with E-state index in [1.165, 1.54) is 69.9 Å². The molecule has 4 rings (SSSR count). The van der Waals surface area contributed by atoms with Gasteiger partial charge in [0.2, 0.25) is 5.91 Å². The Hall–Kier alpha value is -5.07. The number of aromatic nitrogens is 4. The van der Waals surface area contributed by atoms with Gasteiger partial charge in [-0.1, -0.05) is 0 Å². The molecule has 3 aromatic heterocycles. The molecular formula is C24H22FN7O5. The van der Waals surface area contributed by atoms with Crippen molar-refractivity contribution >= 4 is 40.9 Å². The zero-order valence-electron chi connectivity index (χ0n) is 20.3. The molecule has 12 nitrogen and oxygen atoms in total. The summed E-state index contributed by atoms with van der Waals surface area (Å²) in [6.07, 6.45) is 3.86. The van der Waals surface area contributed by atoms with E-state index in [-0.39, 0.29) is 23.1 Å². The summed E-state index contributed by atoms with van der Waals surface area (Å²) in [5, 5.41) is 5.06. The average molecular weight is 507 g/mol. The molecule has 3 amide bonds. The molecule has 190 valence electrons. The maximum atomic E-state index is 13.9. The van der Waals surface area contributed by atoms with Crippen LogP contribution in [0.2, 0.25) is 0 Å². The number of methoxy groups -OCH3 is 2. The van der Waals surface area contributed by atoms with Crippen molar-refractivity contribution in [2.24, 2.45) is 0 Å². The highest BCUT2D eigenvalue weighted by atomic mass is 19.1. The van der Waals surface area contributed by atoms with E-state index >= 15 is 0 Å². The molecule has 0 fully saturated rings. The number of pyridine rings is 1. The molecule has 0 atom stereocenters. The summed E-state index contributed by atoms with van der Waals surface area (Å²) >= 11 is 0. The van der Waals surface area contributed by atoms with Gasteiger partial charge in [-0.3, -0.25) is 19.3 Å². The summed E-state index contributed by atoms with van der Waals surface area (Å²) < 4.78 is 25.0. The van der Waals surface area contributed by atoms with E-state index in [1.54, 1.807) is 16.5 Å². The van der Waals surface area contributed by atoms with E-state index < -0.39 is 23.7 Å². The van der Waals surface area contributed by atoms with Gasteiger partial charge in [0.05, 0.1) is 26.1 Å². The van der Waals surface area contributed by atoms with Gasteiger partial charge in [-0.2, -0.15) is 0 Å². The molecule has 0 bridgehead atoms. The molecular weight excluding hydrogens is 485 g/mol. The topological polar surface area (TPSA) is 140 Å². The number of benzene rings is 1. The molecule has 0 unspecified atom stereocenters. The number of imidazole rings is 1. The second-order valence-electron chi connectivity index (χ2n) is 7.72. The van der Waals surface area contributed by atoms with Gasteiger partial charge in [-0.05, 0) is 24.3 Å². The standard InChI is InChI=1S/C24H22FN7O5/c1-13(33)28-21-22-27-11-18(14-5-8-20(26-10-14)30-24(35)37-4)32(22)12-17(29-21)23(34)31(2)15-6-7-16(25)19(9-15)36-3/h5-12H,1-4H3,(H,26,30,35)(H,28,29,33). The SMILES string of the molecule is COC(=O)Nc1ccc(-c2cnc3c(NC(C)=O)nc(C(=O)N(C)c4ccc(F)c(OC)c4)cn23)cn1. The second kappa shape index (κ2) is 10.3. The number of carbonyl (C=O) groups is 3. The number of nitrogens with one attached hydrogen (secondary N) is 2. The fourth-order valence-corrected chi connectivity index (χ4v) is 3.48. The van der Waals surface area contributed by atoms with Crippen LogP contribution in [-0.4, -0.2) is 58.5 Å². The van der Waals surface area contributed by atoms with Crippen LogP contribution in [0.3, 0.4) is 0 Å². The van der Waals surface area contributed by atoms with Gasteiger partial charge in [-0.15, -0.1) is 0 Å². The summed E-state index contributed by atoms with van der Waals surface area (Å²) in [6.45, 7) is 1.31. The largest absolute Gasteiger partial charge is 0.494 e. The van der Waals surface area contributed by atoms with Crippen LogP contribution in [0, 0.1) is 5.82 Å². The van der Waals surface area contributed by atoms with Crippen LogP contribution in [-0.2, 0) is 9.53 Å². The zero-order valence-corrected chi connectivity index (χ0v) is 20.3. The van der Waals surface area contributed by atoms with Crippen molar-refractivity contribution in [3.05, 3.63) is 60.4 Å². The van der Waals surface area contributed by atoms with Crippen LogP contribution >= 0.6 is 0 Å². The van der Waals surface area contributed by atoms with Crippen LogP contribution in [0.1, 0.15) is 17.4 Å². The first-order chi connectivity index (χ1) is 17.7. The molecule has 0 aliphatic carbocycles. The third-order valence-corrected chi connectivity index (χ3v) is 5.31. The fourth-order valence-electron chi connectivity index (χ4n) is 3.48. The highest BCUT2D eigenvalue weighted by Crippen LogP contribution is 2.27. The highest BCUT2D eigenvalue weighted by molar-refractivity contribution is 6.05. The molecule has 0 saturated carbocycles. The summed E-state index contributed by atoms with van der Waals surface area (Å²) in [5.41, 5.74) is 1.80. The normalized spacial score (nSPS) is 10.6. The number of rotatable bonds is 6. The number of halogens is 1. The summed E-state index contributed by atoms with van der Waals surface area (Å²) in [7, 11) is 4.07. The maximum Gasteiger partial charge on any atom is 0.412 e. The van der Waals surface area contributed by atoms with Gasteiger partial charge < -0.3 is 19.7 Å². The van der Waals surface area contributed by atoms with E-state index in [4.69, 9.17) is 4.74 Å². The van der Waals surface area contributed by atoms with Crippen molar-refractivity contribution in [2.45, 2.75) is 6.92 Å². The van der Waals surface area contributed by atoms with Crippen molar-refractivity contribution in [2.75, 3.05) is 36.8 Å². The first-order valence-corrected chi connectivity index (χ1v) is 10.8. The highest BCUT2D eigenvalue weighted by Gasteiger charge is 2.21. The number of anilines is 3. The number of amides is 3. The molecule has 2 N–H and O–H groups in total. The molecule has 13 heteroatoms. The summed E-state index contributed by atoms with van der Waals surface area (Å²) in [4.78, 5) is 50.8. The number of fused-ring (bicyclic) bond motifs is 1. The van der Waals surface area contributed by atoms with E-state index in [1.807, 2.05) is 0 Å². The molecule has 1 aromatic carbocycles. The number of ether oxygens (including phenoxy) is 2. The Morgan fingerprint density at radius 3 is 2.49 bits per heavy atom. The molecule has 0 spiro atoms. The Bertz CT molecular complexity index is 1500. The zero-order chi connectivity index (χ0) is 26.7. The van der Waals surface area contributed by atoms with E-state index in [9.17, 15) is 18.8 Å². The predicted octanol–water partition coefficient (Wildman–Crippen LogP) is 3.35. The van der Waals surface area contributed by atoms with Crippen LogP contribution < -0.4 is 20.3 Å². The minimum absolute atomic E-state index is 0.0155. The monoisotopic (exact) mass is 507 g/mol. The lowest BCUT2D eigenvalue weighted by Gasteiger charge is -2.18. The molecule has 3 heterocycles. The Morgan fingerprint density at radius 1 is 1.05 bits per heavy atom. The minimum atomic E-state index is -0.660. The van der Waals surface area contributed by atoms with Crippen LogP contribution in [0.15, 0.2) is 48.9 Å². The first-order valence-electron chi connectivity index (χ1n) is 10.8. The predicted molar refractivity (Wildman–Crippen MR) is 132 cm³/mol. The smallest absolute Gasteiger partial charge is 0.412 e. The van der Waals surface area contributed by atoms with E-state index in [0.29, 0.717) is 22.6 Å². The lowest BCUT2D eigenvalue weighted by Crippen LogP contribution is -2.28. The van der Waals surface area contributed by atoms with Gasteiger partial charge >= 0.3 is 6.09 Å². The van der Waals surface area contributed by atoms with Gasteiger partial charge in [-0.25, -0.2) is 24.1 Å². The number of hydrogen-bond acceptors (Lipinski definition) is 8. The summed E-state index contributed by atoms with van der Waals surface area (Å²) in [5.74, 6) is -1.17. The molecule has 0 saturated heterocycles. The Balaban J connectivity index is 1.76. The van der Waals surface area contributed by atoms with Gasteiger partial charge in [0.25, 0.3) is 5.91 Å². The van der Waals surface area contributed by atoms with Crippen LogP contribution in [0.4, 0.5) is 26.5 Å². The molecule has 0 radical (unpaired) electrons. The molecule has 37 heavy (non-hydrogen) atoms. The molecule has 4 aromatic rings. The van der Waals surface area contributed by atoms with Crippen LogP contribution in [0.5, 0.6) is 5.75 Å². The number of hydrogen-bond donors (Lipinski definition) is 2. The Labute approximate surface area is 210 Å². The number of nitrogens with zero attached hydrogens (tertiary/aromatic N) is 5. The van der Waals surface area contributed by atoms with Crippen molar-refractivity contribution in [1.29, 1.82) is 0 Å². The second-order valence-corrected chi connectivity index (χ2v) is 7.72. The third kappa shape index (κ3) is 5.15. The third-order valence-electron chi connectivity index (χ3n) is 5.31. The average Bonchev–Trinajstić information content (AvgIpc) is 3.32. The minimum Gasteiger partial charge on any atom is -0.494 e. The summed E-state index contributed by atoms with van der Waals surface area (Å²) in [6, 6.07) is 7.28. The first kappa shape index (κ1) is 25.0. The lowest BCUT2D eigenvalue weighted by molar-refractivity contribution is -0.114. The van der Waals surface area contributed by atoms with Gasteiger partial charge in [0.15, 0.2) is 23.0 Å². The van der Waals surface area contributed by atoms with Gasteiger partial charge in [0.1, 0.15) is 11.5 Å². The van der Waals surface area contributed by atoms with Gasteiger partial charge in [0, 0.05) is 43.7 Å². The molecule has 0 aliphatic rings. The van der Waals surface area contributed by atoms with E-state index in [2.05, 4.69) is 30.3 Å². The van der Waals surface area contributed by atoms with Crippen molar-refractivity contribution in [1.82, 2.24) is 19.4 Å². The molecule has 0 aliphatic heterocycles. The van der Waals surface area contributed by atoms with Crippen molar-refractivity contribution in [3.8, 4) is 17.0 Å². The maximum absolute atomic E-state index is 13.9. The lowest BCUT2D eigenvalue weighted by atomic mass is 10.2. The van der Waals surface area contributed by atoms with Crippen molar-refractivity contribution in [3.63, 3.8) is 0 Å². The fraction of sp³-hybridized carbons (Fsp3) is 0.167. The van der Waals surface area contributed by atoms with E-state index in [0.717, 1.165) is 0 Å². The Kier molecular flexibility index (Phi) is 6.95. The quantitative estimate of drug-likeness (QED) is 0.405. The Morgan fingerprint density at radius 2 is 1.84 bits per heavy atom. The van der Waals surface area contributed by atoms with Crippen molar-refractivity contribution < 1.29 is 28.2 Å².